The van der Waals surface area contributed by atoms with Crippen molar-refractivity contribution in [3.63, 3.8) is 0 Å². The largest absolute Gasteiger partial charge is 0.534 e. The Morgan fingerprint density at radius 2 is 1.49 bits per heavy atom. The molecular formula is C30H25F4N3O7S. The van der Waals surface area contributed by atoms with Crippen LogP contribution in [-0.2, 0) is 32.7 Å². The maximum atomic E-state index is 13.3. The first-order chi connectivity index (χ1) is 21.4. The normalized spacial score (nSPS) is 11.5. The van der Waals surface area contributed by atoms with Crippen molar-refractivity contribution in [3.8, 4) is 22.8 Å². The fraction of sp³-hybridized carbons (Fsp3) is 0.200. The highest BCUT2D eigenvalue weighted by atomic mass is 32.2. The SMILES string of the molecule is CCOC(=O)CNC(=O)c1nc(Cc2ccc(-c3ccc(F)cc3)cc2)nc(OS(=O)(=O)C(F)(F)F)c1OCc1ccccc1. The molecule has 0 unspecified atom stereocenters. The third-order valence-electron chi connectivity index (χ3n) is 5.99. The second kappa shape index (κ2) is 14.2. The molecule has 0 saturated heterocycles. The summed E-state index contributed by atoms with van der Waals surface area (Å²) in [6.45, 7) is 0.592. The second-order valence-electron chi connectivity index (χ2n) is 9.25. The predicted molar refractivity (Wildman–Crippen MR) is 152 cm³/mol. The Morgan fingerprint density at radius 3 is 2.09 bits per heavy atom. The minimum Gasteiger partial charge on any atom is -0.481 e. The maximum Gasteiger partial charge on any atom is 0.534 e. The molecule has 0 saturated carbocycles. The minimum atomic E-state index is -6.26. The molecule has 10 nitrogen and oxygen atoms in total. The molecule has 4 aromatic rings. The average Bonchev–Trinajstić information content (AvgIpc) is 3.00. The van der Waals surface area contributed by atoms with Crippen LogP contribution in [0.25, 0.3) is 11.1 Å². The number of carbonyl (C=O) groups is 2. The van der Waals surface area contributed by atoms with E-state index in [9.17, 15) is 35.6 Å². The van der Waals surface area contributed by atoms with E-state index in [1.807, 2.05) is 0 Å². The lowest BCUT2D eigenvalue weighted by atomic mass is 10.0. The molecule has 0 fully saturated rings. The maximum absolute atomic E-state index is 13.3. The smallest absolute Gasteiger partial charge is 0.481 e. The molecule has 0 spiro atoms. The van der Waals surface area contributed by atoms with Crippen molar-refractivity contribution in [1.29, 1.82) is 0 Å². The Hall–Kier alpha value is -5.05. The number of carbonyl (C=O) groups excluding carboxylic acids is 2. The van der Waals surface area contributed by atoms with Gasteiger partial charge >= 0.3 is 21.6 Å². The van der Waals surface area contributed by atoms with E-state index in [-0.39, 0.29) is 25.5 Å². The van der Waals surface area contributed by atoms with Gasteiger partial charge in [-0.25, -0.2) is 9.37 Å². The monoisotopic (exact) mass is 647 g/mol. The van der Waals surface area contributed by atoms with Gasteiger partial charge in [-0.2, -0.15) is 26.6 Å². The molecule has 1 heterocycles. The standard InChI is InChI=1S/C30H25F4N3O7S/c1-2-42-25(38)17-35-28(39)26-27(43-18-20-6-4-3-5-7-20)29(44-45(40,41)30(32,33)34)37-24(36-26)16-19-8-10-21(11-9-19)22-12-14-23(31)15-13-22/h3-15H,2,16-18H2,1H3,(H,35,39). The van der Waals surface area contributed by atoms with Crippen LogP contribution in [0.1, 0.15) is 34.4 Å². The number of ether oxygens (including phenoxy) is 2. The molecule has 1 N–H and O–H groups in total. The van der Waals surface area contributed by atoms with Gasteiger partial charge in [-0.3, -0.25) is 9.59 Å². The highest BCUT2D eigenvalue weighted by Gasteiger charge is 2.49. The lowest BCUT2D eigenvalue weighted by Gasteiger charge is -2.17. The first-order valence-corrected chi connectivity index (χ1v) is 14.6. The minimum absolute atomic E-state index is 0.0189. The van der Waals surface area contributed by atoms with Crippen LogP contribution < -0.4 is 14.2 Å². The molecule has 0 aliphatic heterocycles. The van der Waals surface area contributed by atoms with Crippen molar-refractivity contribution in [2.45, 2.75) is 25.5 Å². The fourth-order valence-corrected chi connectivity index (χ4v) is 4.28. The topological polar surface area (TPSA) is 134 Å². The van der Waals surface area contributed by atoms with Crippen LogP contribution in [0, 0.1) is 5.82 Å². The number of aromatic nitrogens is 2. The van der Waals surface area contributed by atoms with Gasteiger partial charge in [0.25, 0.3) is 11.8 Å². The Kier molecular flexibility index (Phi) is 10.3. The number of hydrogen-bond acceptors (Lipinski definition) is 9. The van der Waals surface area contributed by atoms with Gasteiger partial charge in [0.15, 0.2) is 5.69 Å². The lowest BCUT2D eigenvalue weighted by Crippen LogP contribution is -2.32. The number of rotatable bonds is 12. The number of halogens is 4. The van der Waals surface area contributed by atoms with E-state index < -0.39 is 57.2 Å². The van der Waals surface area contributed by atoms with Crippen molar-refractivity contribution in [3.05, 3.63) is 107 Å². The van der Waals surface area contributed by atoms with E-state index in [2.05, 4.69) is 19.5 Å². The van der Waals surface area contributed by atoms with Gasteiger partial charge in [0.1, 0.15) is 24.8 Å². The summed E-state index contributed by atoms with van der Waals surface area (Å²) in [6.07, 6.45) is -0.191. The number of alkyl halides is 3. The summed E-state index contributed by atoms with van der Waals surface area (Å²) in [5.41, 5.74) is -4.06. The van der Waals surface area contributed by atoms with Gasteiger partial charge < -0.3 is 19.0 Å². The number of hydrogen-bond donors (Lipinski definition) is 1. The van der Waals surface area contributed by atoms with Crippen molar-refractivity contribution >= 4 is 22.0 Å². The highest BCUT2D eigenvalue weighted by Crippen LogP contribution is 2.35. The summed E-state index contributed by atoms with van der Waals surface area (Å²) in [7, 11) is -6.26. The molecule has 0 atom stereocenters. The van der Waals surface area contributed by atoms with Crippen LogP contribution >= 0.6 is 0 Å². The zero-order chi connectivity index (χ0) is 32.6. The number of nitrogens with one attached hydrogen (secondary N) is 1. The quantitative estimate of drug-likeness (QED) is 0.0979. The van der Waals surface area contributed by atoms with Crippen LogP contribution in [0.4, 0.5) is 17.6 Å². The third kappa shape index (κ3) is 8.75. The Labute approximate surface area is 255 Å². The number of benzene rings is 3. The molecule has 0 aliphatic carbocycles. The van der Waals surface area contributed by atoms with Crippen molar-refractivity contribution in [2.24, 2.45) is 0 Å². The third-order valence-corrected chi connectivity index (χ3v) is 6.93. The van der Waals surface area contributed by atoms with Gasteiger partial charge in [-0.1, -0.05) is 66.7 Å². The summed E-state index contributed by atoms with van der Waals surface area (Å²) < 4.78 is 92.1. The second-order valence-corrected chi connectivity index (χ2v) is 10.8. The molecule has 45 heavy (non-hydrogen) atoms. The zero-order valence-corrected chi connectivity index (χ0v) is 24.3. The van der Waals surface area contributed by atoms with Crippen LogP contribution in [0.15, 0.2) is 78.9 Å². The van der Waals surface area contributed by atoms with Crippen molar-refractivity contribution in [2.75, 3.05) is 13.2 Å². The van der Waals surface area contributed by atoms with Gasteiger partial charge in [-0.05, 0) is 41.3 Å². The van der Waals surface area contributed by atoms with E-state index in [0.29, 0.717) is 16.7 Å². The van der Waals surface area contributed by atoms with E-state index >= 15 is 0 Å². The van der Waals surface area contributed by atoms with E-state index in [1.54, 1.807) is 73.7 Å². The molecule has 0 bridgehead atoms. The molecule has 15 heteroatoms. The molecule has 3 aromatic carbocycles. The molecule has 1 aromatic heterocycles. The van der Waals surface area contributed by atoms with Gasteiger partial charge in [0, 0.05) is 6.42 Å². The van der Waals surface area contributed by atoms with Crippen LogP contribution in [-0.4, -0.2) is 48.9 Å². The van der Waals surface area contributed by atoms with Crippen molar-refractivity contribution in [1.82, 2.24) is 15.3 Å². The summed E-state index contributed by atoms with van der Waals surface area (Å²) in [4.78, 5) is 33.1. The lowest BCUT2D eigenvalue weighted by molar-refractivity contribution is -0.141. The molecule has 4 rings (SSSR count). The summed E-state index contributed by atoms with van der Waals surface area (Å²) >= 11 is 0. The highest BCUT2D eigenvalue weighted by molar-refractivity contribution is 7.88. The van der Waals surface area contributed by atoms with Gasteiger partial charge in [0.2, 0.25) is 5.75 Å². The van der Waals surface area contributed by atoms with Crippen LogP contribution in [0.3, 0.4) is 0 Å². The first-order valence-electron chi connectivity index (χ1n) is 13.2. The molecule has 1 amide bonds. The van der Waals surface area contributed by atoms with E-state index in [4.69, 9.17) is 9.47 Å². The number of amides is 1. The Bertz CT molecular complexity index is 1750. The van der Waals surface area contributed by atoms with Crippen molar-refractivity contribution < 1.29 is 49.2 Å². The average molecular weight is 648 g/mol. The first kappa shape index (κ1) is 32.9. The Morgan fingerprint density at radius 1 is 0.867 bits per heavy atom. The van der Waals surface area contributed by atoms with Crippen LogP contribution in [0.5, 0.6) is 11.6 Å². The number of esters is 1. The van der Waals surface area contributed by atoms with Crippen LogP contribution in [0.2, 0.25) is 0 Å². The molecule has 236 valence electrons. The zero-order valence-electron chi connectivity index (χ0n) is 23.5. The molecule has 0 aliphatic rings. The summed E-state index contributed by atoms with van der Waals surface area (Å²) in [5.74, 6) is -4.61. The van der Waals surface area contributed by atoms with Gasteiger partial charge in [0.05, 0.1) is 6.61 Å². The molecular weight excluding hydrogens is 622 g/mol. The molecule has 0 radical (unpaired) electrons. The summed E-state index contributed by atoms with van der Waals surface area (Å²) in [5, 5.41) is 2.23. The van der Waals surface area contributed by atoms with Gasteiger partial charge in [-0.15, -0.1) is 0 Å². The predicted octanol–water partition coefficient (Wildman–Crippen LogP) is 4.97. The van der Waals surface area contributed by atoms with E-state index in [1.165, 1.54) is 12.1 Å². The fourth-order valence-electron chi connectivity index (χ4n) is 3.86. The van der Waals surface area contributed by atoms with E-state index in [0.717, 1.165) is 5.56 Å². The Balaban J connectivity index is 1.75. The number of nitrogens with zero attached hydrogens (tertiary/aromatic N) is 2. The summed E-state index contributed by atoms with van der Waals surface area (Å²) in [6, 6.07) is 20.6.